The molecule has 3 rings (SSSR count). The highest BCUT2D eigenvalue weighted by molar-refractivity contribution is 9.11. The highest BCUT2D eigenvalue weighted by atomic mass is 79.9. The van der Waals surface area contributed by atoms with Gasteiger partial charge >= 0.3 is 0 Å². The predicted octanol–water partition coefficient (Wildman–Crippen LogP) is 4.48. The Bertz CT molecular complexity index is 805. The molecule has 0 spiro atoms. The number of benzene rings is 1. The Morgan fingerprint density at radius 2 is 2.14 bits per heavy atom. The first-order valence-corrected chi connectivity index (χ1v) is 8.78. The summed E-state index contributed by atoms with van der Waals surface area (Å²) in [4.78, 5) is 20.4. The van der Waals surface area contributed by atoms with Gasteiger partial charge in [0.15, 0.2) is 5.58 Å². The average Bonchev–Trinajstić information content (AvgIpc) is 2.91. The number of para-hydroxylation sites is 2. The first-order chi connectivity index (χ1) is 10.6. The van der Waals surface area contributed by atoms with Gasteiger partial charge in [0.1, 0.15) is 11.3 Å². The van der Waals surface area contributed by atoms with Crippen LogP contribution in [0.5, 0.6) is 0 Å². The molecule has 0 atom stereocenters. The third-order valence-corrected chi connectivity index (χ3v) is 4.53. The minimum absolute atomic E-state index is 0.178. The van der Waals surface area contributed by atoms with Gasteiger partial charge in [-0.1, -0.05) is 23.9 Å². The maximum Gasteiger partial charge on any atom is 0.257 e. The second-order valence-electron chi connectivity index (χ2n) is 4.27. The van der Waals surface area contributed by atoms with Crippen molar-refractivity contribution in [2.24, 2.45) is 0 Å². The monoisotopic (exact) mass is 441 g/mol. The Balaban J connectivity index is 1.62. The van der Waals surface area contributed by atoms with Crippen LogP contribution in [0.4, 0.5) is 5.82 Å². The highest BCUT2D eigenvalue weighted by Gasteiger charge is 2.11. The van der Waals surface area contributed by atoms with Crippen molar-refractivity contribution in [1.82, 2.24) is 9.97 Å². The molecule has 0 unspecified atom stereocenters. The normalized spacial score (nSPS) is 10.8. The van der Waals surface area contributed by atoms with E-state index in [2.05, 4.69) is 47.1 Å². The molecule has 1 N–H and O–H groups in total. The minimum Gasteiger partial charge on any atom is -0.431 e. The number of halogens is 2. The number of aromatic nitrogens is 2. The number of nitrogens with one attached hydrogen (secondary N) is 1. The summed E-state index contributed by atoms with van der Waals surface area (Å²) in [5.74, 6) is 0.492. The maximum absolute atomic E-state index is 12.0. The van der Waals surface area contributed by atoms with Gasteiger partial charge in [0.25, 0.3) is 5.22 Å². The van der Waals surface area contributed by atoms with Crippen LogP contribution in [0.1, 0.15) is 0 Å². The van der Waals surface area contributed by atoms with E-state index in [-0.39, 0.29) is 11.7 Å². The van der Waals surface area contributed by atoms with E-state index in [4.69, 9.17) is 4.42 Å². The van der Waals surface area contributed by atoms with Crippen LogP contribution in [0.2, 0.25) is 0 Å². The van der Waals surface area contributed by atoms with E-state index < -0.39 is 0 Å². The SMILES string of the molecule is O=C(CSc1nc2ccccc2o1)Nc1ncc(Br)cc1Br. The second-order valence-corrected chi connectivity index (χ2v) is 6.96. The van der Waals surface area contributed by atoms with Crippen LogP contribution >= 0.6 is 43.6 Å². The fourth-order valence-corrected chi connectivity index (χ4v) is 3.44. The van der Waals surface area contributed by atoms with Gasteiger partial charge < -0.3 is 9.73 Å². The van der Waals surface area contributed by atoms with Gasteiger partial charge in [0.2, 0.25) is 5.91 Å². The third-order valence-electron chi connectivity index (χ3n) is 2.67. The molecule has 3 aromatic rings. The van der Waals surface area contributed by atoms with Gasteiger partial charge in [-0.15, -0.1) is 0 Å². The van der Waals surface area contributed by atoms with Crippen LogP contribution in [-0.4, -0.2) is 21.6 Å². The molecule has 2 aromatic heterocycles. The van der Waals surface area contributed by atoms with Gasteiger partial charge in [-0.05, 0) is 50.1 Å². The number of pyridine rings is 1. The van der Waals surface area contributed by atoms with Crippen LogP contribution in [0.3, 0.4) is 0 Å². The lowest BCUT2D eigenvalue weighted by atomic mass is 10.3. The summed E-state index contributed by atoms with van der Waals surface area (Å²) in [7, 11) is 0. The first kappa shape index (κ1) is 15.5. The van der Waals surface area contributed by atoms with Crippen molar-refractivity contribution in [2.45, 2.75) is 5.22 Å². The Hall–Kier alpha value is -1.38. The number of oxazole rings is 1. The van der Waals surface area contributed by atoms with Crippen LogP contribution in [0, 0.1) is 0 Å². The van der Waals surface area contributed by atoms with Crippen LogP contribution in [0.15, 0.2) is 55.1 Å². The number of amides is 1. The molecule has 0 bridgehead atoms. The summed E-state index contributed by atoms with van der Waals surface area (Å²) in [6.45, 7) is 0. The molecule has 112 valence electrons. The molecular weight excluding hydrogens is 434 g/mol. The lowest BCUT2D eigenvalue weighted by Gasteiger charge is -2.05. The second kappa shape index (κ2) is 6.80. The Morgan fingerprint density at radius 3 is 2.91 bits per heavy atom. The van der Waals surface area contributed by atoms with E-state index in [1.54, 1.807) is 6.20 Å². The van der Waals surface area contributed by atoms with Gasteiger partial charge in [-0.3, -0.25) is 4.79 Å². The van der Waals surface area contributed by atoms with Crippen molar-refractivity contribution >= 4 is 66.4 Å². The molecule has 0 fully saturated rings. The van der Waals surface area contributed by atoms with Crippen molar-refractivity contribution in [1.29, 1.82) is 0 Å². The number of carbonyl (C=O) groups excluding carboxylic acids is 1. The highest BCUT2D eigenvalue weighted by Crippen LogP contribution is 2.25. The van der Waals surface area contributed by atoms with E-state index in [0.717, 1.165) is 9.99 Å². The number of carbonyl (C=O) groups is 1. The number of thioether (sulfide) groups is 1. The first-order valence-electron chi connectivity index (χ1n) is 6.21. The fraction of sp³-hybridized carbons (Fsp3) is 0.0714. The van der Waals surface area contributed by atoms with Crippen molar-refractivity contribution in [3.05, 3.63) is 45.5 Å². The number of rotatable bonds is 4. The molecule has 0 saturated carbocycles. The summed E-state index contributed by atoms with van der Waals surface area (Å²) in [6, 6.07) is 9.30. The topological polar surface area (TPSA) is 68.0 Å². The number of nitrogens with zero attached hydrogens (tertiary/aromatic N) is 2. The summed E-state index contributed by atoms with van der Waals surface area (Å²) in [6.07, 6.45) is 1.62. The summed E-state index contributed by atoms with van der Waals surface area (Å²) in [5.41, 5.74) is 1.49. The number of hydrogen-bond acceptors (Lipinski definition) is 5. The van der Waals surface area contributed by atoms with Gasteiger partial charge in [0, 0.05) is 10.7 Å². The van der Waals surface area contributed by atoms with E-state index >= 15 is 0 Å². The predicted molar refractivity (Wildman–Crippen MR) is 93.0 cm³/mol. The van der Waals surface area contributed by atoms with E-state index in [0.29, 0.717) is 21.1 Å². The van der Waals surface area contributed by atoms with Crippen molar-refractivity contribution in [3.63, 3.8) is 0 Å². The van der Waals surface area contributed by atoms with Gasteiger partial charge in [-0.25, -0.2) is 9.97 Å². The number of hydrogen-bond donors (Lipinski definition) is 1. The summed E-state index contributed by atoms with van der Waals surface area (Å²) >= 11 is 7.90. The molecule has 8 heteroatoms. The van der Waals surface area contributed by atoms with Crippen LogP contribution in [-0.2, 0) is 4.79 Å². The molecule has 0 saturated heterocycles. The van der Waals surface area contributed by atoms with E-state index in [1.165, 1.54) is 11.8 Å². The Kier molecular flexibility index (Phi) is 4.80. The lowest BCUT2D eigenvalue weighted by Crippen LogP contribution is -2.15. The minimum atomic E-state index is -0.178. The summed E-state index contributed by atoms with van der Waals surface area (Å²) < 4.78 is 7.09. The molecule has 0 aliphatic carbocycles. The smallest absolute Gasteiger partial charge is 0.257 e. The third kappa shape index (κ3) is 3.68. The standard InChI is InChI=1S/C14H9Br2N3O2S/c15-8-5-9(16)13(17-6-8)19-12(20)7-22-14-18-10-3-1-2-4-11(10)21-14/h1-6H,7H2,(H,17,19,20). The van der Waals surface area contributed by atoms with Gasteiger partial charge in [-0.2, -0.15) is 0 Å². The molecular formula is C14H9Br2N3O2S. The van der Waals surface area contributed by atoms with E-state index in [1.807, 2.05) is 30.3 Å². The molecule has 2 heterocycles. The zero-order chi connectivity index (χ0) is 15.5. The Morgan fingerprint density at radius 1 is 1.32 bits per heavy atom. The fourth-order valence-electron chi connectivity index (χ4n) is 1.71. The quantitative estimate of drug-likeness (QED) is 0.603. The largest absolute Gasteiger partial charge is 0.431 e. The van der Waals surface area contributed by atoms with Crippen LogP contribution in [0.25, 0.3) is 11.1 Å². The lowest BCUT2D eigenvalue weighted by molar-refractivity contribution is -0.113. The number of fused-ring (bicyclic) bond motifs is 1. The molecule has 0 radical (unpaired) electrons. The van der Waals surface area contributed by atoms with E-state index in [9.17, 15) is 4.79 Å². The molecule has 0 aliphatic rings. The Labute approximate surface area is 147 Å². The van der Waals surface area contributed by atoms with Crippen molar-refractivity contribution in [2.75, 3.05) is 11.1 Å². The molecule has 22 heavy (non-hydrogen) atoms. The molecule has 0 aliphatic heterocycles. The van der Waals surface area contributed by atoms with Crippen molar-refractivity contribution < 1.29 is 9.21 Å². The average molecular weight is 443 g/mol. The number of anilines is 1. The van der Waals surface area contributed by atoms with Gasteiger partial charge in [0.05, 0.1) is 10.2 Å². The molecule has 1 amide bonds. The van der Waals surface area contributed by atoms with Crippen LogP contribution < -0.4 is 5.32 Å². The maximum atomic E-state index is 12.0. The summed E-state index contributed by atoms with van der Waals surface area (Å²) in [5, 5.41) is 3.20. The zero-order valence-electron chi connectivity index (χ0n) is 11.0. The zero-order valence-corrected chi connectivity index (χ0v) is 15.0. The molecule has 5 nitrogen and oxygen atoms in total. The molecule has 1 aromatic carbocycles. The van der Waals surface area contributed by atoms with Crippen molar-refractivity contribution in [3.8, 4) is 0 Å².